The minimum atomic E-state index is -4.77. The Labute approximate surface area is 267 Å². The number of nitrogens with one attached hydrogen (secondary N) is 1. The van der Waals surface area contributed by atoms with E-state index in [1.165, 1.54) is 12.0 Å². The lowest BCUT2D eigenvalue weighted by molar-refractivity contribution is -0.385. The first-order valence-electron chi connectivity index (χ1n) is 15.2. The molecule has 0 radical (unpaired) electrons. The summed E-state index contributed by atoms with van der Waals surface area (Å²) in [6, 6.07) is 5.02. The number of nitrogens with zero attached hydrogens (tertiary/aromatic N) is 5. The van der Waals surface area contributed by atoms with Gasteiger partial charge in [-0.05, 0) is 44.4 Å². The van der Waals surface area contributed by atoms with Gasteiger partial charge in [0.05, 0.1) is 29.2 Å². The third-order valence-corrected chi connectivity index (χ3v) is 8.59. The highest BCUT2D eigenvalue weighted by Crippen LogP contribution is 2.38. The summed E-state index contributed by atoms with van der Waals surface area (Å²) in [7, 11) is 1.49. The Bertz CT molecular complexity index is 1670. The number of rotatable bonds is 8. The Balaban J connectivity index is 1.33. The molecule has 2 aromatic carbocycles. The molecule has 5 rings (SSSR count). The van der Waals surface area contributed by atoms with Crippen molar-refractivity contribution in [2.45, 2.75) is 57.9 Å². The van der Waals surface area contributed by atoms with Crippen molar-refractivity contribution >= 4 is 34.4 Å². The number of non-ortho nitro benzene ring substituents is 1. The number of alkyl halides is 3. The third kappa shape index (κ3) is 7.58. The summed E-state index contributed by atoms with van der Waals surface area (Å²) in [5.41, 5.74) is -1.27. The molecular weight excluding hydrogens is 625 g/mol. The average molecular weight is 661 g/mol. The zero-order valence-corrected chi connectivity index (χ0v) is 26.0. The number of halogens is 3. The smallest absolute Gasteiger partial charge is 0.416 e. The van der Waals surface area contributed by atoms with Crippen LogP contribution >= 0.6 is 0 Å². The van der Waals surface area contributed by atoms with Crippen LogP contribution in [-0.2, 0) is 11.0 Å². The minimum Gasteiger partial charge on any atom is -0.493 e. The van der Waals surface area contributed by atoms with E-state index < -0.39 is 34.5 Å². The SMILES string of the molecule is COc1cc2nc(C)nc(NC(C)c3cc([N+](=O)[O-])cc(C(F)(F)F)c3)c2cc1OC1CCN(C(=O)C2CCN(C(=O)O)CC2)CC1. The van der Waals surface area contributed by atoms with E-state index in [0.29, 0.717) is 92.0 Å². The number of nitro benzene ring substituents is 1. The van der Waals surface area contributed by atoms with Crippen LogP contribution in [0.4, 0.5) is 29.5 Å². The third-order valence-electron chi connectivity index (χ3n) is 8.59. The maximum atomic E-state index is 13.5. The lowest BCUT2D eigenvalue weighted by Crippen LogP contribution is -2.47. The van der Waals surface area contributed by atoms with Crippen molar-refractivity contribution in [1.29, 1.82) is 0 Å². The van der Waals surface area contributed by atoms with Crippen molar-refractivity contribution in [3.63, 3.8) is 0 Å². The van der Waals surface area contributed by atoms with Crippen LogP contribution in [0.1, 0.15) is 55.6 Å². The summed E-state index contributed by atoms with van der Waals surface area (Å²) in [4.78, 5) is 46.9. The van der Waals surface area contributed by atoms with E-state index in [1.54, 1.807) is 30.9 Å². The second-order valence-electron chi connectivity index (χ2n) is 11.8. The summed E-state index contributed by atoms with van der Waals surface area (Å²) >= 11 is 0. The summed E-state index contributed by atoms with van der Waals surface area (Å²) in [6.07, 6.45) is -3.88. The first kappa shape index (κ1) is 33.5. The van der Waals surface area contributed by atoms with Crippen LogP contribution in [0.3, 0.4) is 0 Å². The van der Waals surface area contributed by atoms with Gasteiger partial charge in [-0.1, -0.05) is 0 Å². The normalized spacial score (nSPS) is 17.0. The predicted octanol–water partition coefficient (Wildman–Crippen LogP) is 5.81. The Morgan fingerprint density at radius 3 is 2.28 bits per heavy atom. The maximum Gasteiger partial charge on any atom is 0.416 e. The Morgan fingerprint density at radius 1 is 1.02 bits per heavy atom. The molecule has 1 aromatic heterocycles. The molecule has 2 amide bonds. The number of methoxy groups -OCH3 is 1. The number of carbonyl (C=O) groups excluding carboxylic acids is 1. The molecule has 1 unspecified atom stereocenters. The number of fused-ring (bicyclic) bond motifs is 1. The summed E-state index contributed by atoms with van der Waals surface area (Å²) in [5.74, 6) is 1.30. The summed E-state index contributed by atoms with van der Waals surface area (Å²) in [6.45, 7) is 4.88. The van der Waals surface area contributed by atoms with E-state index in [2.05, 4.69) is 15.3 Å². The fourth-order valence-electron chi connectivity index (χ4n) is 6.01. The number of nitro groups is 1. The van der Waals surface area contributed by atoms with Gasteiger partial charge in [0.2, 0.25) is 5.91 Å². The van der Waals surface area contributed by atoms with Crippen LogP contribution in [0.5, 0.6) is 11.5 Å². The minimum absolute atomic E-state index is 0.0280. The van der Waals surface area contributed by atoms with Crippen molar-refractivity contribution in [2.24, 2.45) is 5.92 Å². The number of piperidine rings is 2. The predicted molar refractivity (Wildman–Crippen MR) is 164 cm³/mol. The topological polar surface area (TPSA) is 160 Å². The summed E-state index contributed by atoms with van der Waals surface area (Å²) < 4.78 is 52.5. The maximum absolute atomic E-state index is 13.5. The second kappa shape index (κ2) is 13.5. The molecule has 252 valence electrons. The van der Waals surface area contributed by atoms with E-state index in [9.17, 15) is 38.0 Å². The standard InChI is InChI=1S/C31H35F3N6O7/c1-17(20-12-21(31(32,33)34)14-22(13-20)40(44)45)35-28-24-15-27(26(46-3)16-25(24)36-18(2)37-28)47-23-6-10-38(11-7-23)29(41)19-4-8-39(9-5-19)30(42)43/h12-17,19,23H,4-11H2,1-3H3,(H,42,43)(H,35,36,37). The Morgan fingerprint density at radius 2 is 1.68 bits per heavy atom. The average Bonchev–Trinajstić information content (AvgIpc) is 3.04. The van der Waals surface area contributed by atoms with E-state index in [-0.39, 0.29) is 23.5 Å². The number of aryl methyl sites for hydroxylation is 1. The van der Waals surface area contributed by atoms with Gasteiger partial charge >= 0.3 is 12.3 Å². The van der Waals surface area contributed by atoms with Crippen LogP contribution in [0.2, 0.25) is 0 Å². The van der Waals surface area contributed by atoms with Crippen LogP contribution in [0.25, 0.3) is 10.9 Å². The number of likely N-dealkylation sites (tertiary alicyclic amines) is 2. The second-order valence-corrected chi connectivity index (χ2v) is 11.8. The van der Waals surface area contributed by atoms with Gasteiger partial charge < -0.3 is 29.7 Å². The fraction of sp³-hybridized carbons (Fsp3) is 0.484. The van der Waals surface area contributed by atoms with Gasteiger partial charge in [-0.15, -0.1) is 0 Å². The number of carboxylic acid groups (broad SMARTS) is 1. The van der Waals surface area contributed by atoms with E-state index >= 15 is 0 Å². The molecule has 0 saturated carbocycles. The van der Waals surface area contributed by atoms with Gasteiger partial charge in [0.25, 0.3) is 5.69 Å². The number of anilines is 1. The van der Waals surface area contributed by atoms with Gasteiger partial charge in [0.15, 0.2) is 11.5 Å². The van der Waals surface area contributed by atoms with Crippen molar-refractivity contribution in [3.05, 3.63) is 57.4 Å². The summed E-state index contributed by atoms with van der Waals surface area (Å²) in [5, 5.41) is 24.2. The highest BCUT2D eigenvalue weighted by atomic mass is 19.4. The number of ether oxygens (including phenoxy) is 2. The number of benzene rings is 2. The van der Waals surface area contributed by atoms with Crippen molar-refractivity contribution < 1.29 is 42.3 Å². The van der Waals surface area contributed by atoms with Crippen LogP contribution in [-0.4, -0.2) is 81.2 Å². The molecule has 13 nitrogen and oxygen atoms in total. The van der Waals surface area contributed by atoms with Gasteiger partial charge in [0.1, 0.15) is 17.7 Å². The van der Waals surface area contributed by atoms with E-state index in [0.717, 1.165) is 12.1 Å². The fourth-order valence-corrected chi connectivity index (χ4v) is 6.01. The molecule has 2 fully saturated rings. The molecule has 0 aliphatic carbocycles. The zero-order valence-electron chi connectivity index (χ0n) is 26.0. The molecule has 0 bridgehead atoms. The Kier molecular flexibility index (Phi) is 9.58. The van der Waals surface area contributed by atoms with Crippen molar-refractivity contribution in [1.82, 2.24) is 19.8 Å². The molecule has 0 spiro atoms. The molecule has 2 saturated heterocycles. The quantitative estimate of drug-likeness (QED) is 0.223. The lowest BCUT2D eigenvalue weighted by atomic mass is 9.94. The van der Waals surface area contributed by atoms with Crippen LogP contribution in [0, 0.1) is 23.0 Å². The van der Waals surface area contributed by atoms with Gasteiger partial charge in [-0.2, -0.15) is 13.2 Å². The van der Waals surface area contributed by atoms with Crippen LogP contribution < -0.4 is 14.8 Å². The molecule has 2 aliphatic rings. The molecule has 1 atom stereocenters. The van der Waals surface area contributed by atoms with Gasteiger partial charge in [0, 0.05) is 68.5 Å². The highest BCUT2D eigenvalue weighted by Gasteiger charge is 2.34. The number of aromatic nitrogens is 2. The first-order valence-corrected chi connectivity index (χ1v) is 15.2. The number of hydrogen-bond acceptors (Lipinski definition) is 9. The zero-order chi connectivity index (χ0) is 34.0. The molecule has 2 N–H and O–H groups in total. The molecule has 3 heterocycles. The molecule has 2 aliphatic heterocycles. The molecule has 16 heteroatoms. The molecular formula is C31H35F3N6O7. The van der Waals surface area contributed by atoms with Gasteiger partial charge in [-0.3, -0.25) is 14.9 Å². The van der Waals surface area contributed by atoms with E-state index in [1.807, 2.05) is 0 Å². The number of amides is 2. The number of carbonyl (C=O) groups is 2. The molecule has 3 aromatic rings. The lowest BCUT2D eigenvalue weighted by Gasteiger charge is -2.36. The van der Waals surface area contributed by atoms with E-state index in [4.69, 9.17) is 9.47 Å². The largest absolute Gasteiger partial charge is 0.493 e. The highest BCUT2D eigenvalue weighted by molar-refractivity contribution is 5.92. The van der Waals surface area contributed by atoms with Crippen molar-refractivity contribution in [3.8, 4) is 11.5 Å². The monoisotopic (exact) mass is 660 g/mol. The van der Waals surface area contributed by atoms with Gasteiger partial charge in [-0.25, -0.2) is 14.8 Å². The number of hydrogen-bond donors (Lipinski definition) is 2. The van der Waals surface area contributed by atoms with Crippen molar-refractivity contribution in [2.75, 3.05) is 38.6 Å². The Hall–Kier alpha value is -4.89. The van der Waals surface area contributed by atoms with Crippen LogP contribution in [0.15, 0.2) is 30.3 Å². The molecule has 47 heavy (non-hydrogen) atoms. The first-order chi connectivity index (χ1) is 22.2.